The molecule has 1 N–H and O–H groups in total. The summed E-state index contributed by atoms with van der Waals surface area (Å²) in [6.45, 7) is 0. The van der Waals surface area contributed by atoms with E-state index in [0.29, 0.717) is 34.7 Å². The van der Waals surface area contributed by atoms with Crippen molar-refractivity contribution in [2.24, 2.45) is 11.8 Å². The van der Waals surface area contributed by atoms with Crippen molar-refractivity contribution < 1.29 is 9.53 Å². The molecule has 3 aliphatic carbocycles. The van der Waals surface area contributed by atoms with Crippen LogP contribution in [0.3, 0.4) is 0 Å². The number of aromatic amines is 1. The van der Waals surface area contributed by atoms with Crippen LogP contribution >= 0.6 is 0 Å². The summed E-state index contributed by atoms with van der Waals surface area (Å²) in [6.07, 6.45) is 13.7. The highest BCUT2D eigenvalue weighted by atomic mass is 16.5. The lowest BCUT2D eigenvalue weighted by molar-refractivity contribution is 0.0598. The van der Waals surface area contributed by atoms with Crippen LogP contribution in [0, 0.1) is 11.8 Å². The predicted molar refractivity (Wildman–Crippen MR) is 101 cm³/mol. The maximum Gasteiger partial charge on any atom is 0.341 e. The second kappa shape index (κ2) is 6.36. The van der Waals surface area contributed by atoms with E-state index in [2.05, 4.69) is 14.8 Å². The van der Waals surface area contributed by atoms with Crippen molar-refractivity contribution >= 4 is 5.97 Å². The molecule has 2 bridgehead atoms. The zero-order valence-electron chi connectivity index (χ0n) is 15.7. The summed E-state index contributed by atoms with van der Waals surface area (Å²) in [7, 11) is 1.37. The van der Waals surface area contributed by atoms with Gasteiger partial charge in [0.05, 0.1) is 12.7 Å². The van der Waals surface area contributed by atoms with E-state index in [1.54, 1.807) is 11.1 Å². The van der Waals surface area contributed by atoms with Gasteiger partial charge in [-0.15, -0.1) is 0 Å². The number of methoxy groups -OCH3 is 1. The fourth-order valence-corrected chi connectivity index (χ4v) is 5.80. The number of carbonyl (C=O) groups excluding carboxylic acids is 1. The van der Waals surface area contributed by atoms with Crippen LogP contribution in [0.2, 0.25) is 0 Å². The summed E-state index contributed by atoms with van der Waals surface area (Å²) in [5, 5.41) is 6.54. The third-order valence-electron chi connectivity index (χ3n) is 6.90. The highest BCUT2D eigenvalue weighted by Gasteiger charge is 2.42. The molecule has 0 spiro atoms. The minimum absolute atomic E-state index is 0.247. The lowest BCUT2D eigenvalue weighted by atomic mass is 9.63. The standard InChI is InChI=1S/C21H25N3O3/c1-27-21(26)17-11-24(10-16-18(17)22-23-20(16)25)19-13-6-4-8-15(19)14-7-3-2-5-12(14)9-13/h10-11,13,15,19H,2-9H2,1H3,(H,23,25)/t13-,15-,19-/m0/s1. The van der Waals surface area contributed by atoms with E-state index in [0.717, 1.165) is 0 Å². The lowest BCUT2D eigenvalue weighted by Crippen LogP contribution is -2.37. The van der Waals surface area contributed by atoms with Gasteiger partial charge in [-0.1, -0.05) is 17.6 Å². The Bertz CT molecular complexity index is 954. The van der Waals surface area contributed by atoms with Crippen LogP contribution in [-0.2, 0) is 4.74 Å². The molecule has 0 aromatic heterocycles. The quantitative estimate of drug-likeness (QED) is 0.649. The highest BCUT2D eigenvalue weighted by molar-refractivity contribution is 5.95. The zero-order valence-corrected chi connectivity index (χ0v) is 15.7. The Morgan fingerprint density at radius 1 is 1.22 bits per heavy atom. The molecule has 5 rings (SSSR count). The van der Waals surface area contributed by atoms with Crippen LogP contribution in [0.5, 0.6) is 0 Å². The Kier molecular flexibility index (Phi) is 3.95. The molecule has 0 aromatic carbocycles. The summed E-state index contributed by atoms with van der Waals surface area (Å²) in [5.74, 6) is 0.665. The molecule has 6 nitrogen and oxygen atoms in total. The number of ether oxygens (including phenoxy) is 1. The van der Waals surface area contributed by atoms with Crippen LogP contribution in [0.1, 0.15) is 67.8 Å². The maximum atomic E-state index is 12.3. The monoisotopic (exact) mass is 367 g/mol. The summed E-state index contributed by atoms with van der Waals surface area (Å²) in [4.78, 5) is 24.6. The molecule has 6 heteroatoms. The van der Waals surface area contributed by atoms with Gasteiger partial charge in [-0.3, -0.25) is 4.79 Å². The van der Waals surface area contributed by atoms with Gasteiger partial charge in [-0.05, 0) is 50.9 Å². The van der Waals surface area contributed by atoms with Crippen LogP contribution in [0.15, 0.2) is 28.3 Å². The molecule has 1 saturated carbocycles. The van der Waals surface area contributed by atoms with E-state index in [1.165, 1.54) is 58.5 Å². The van der Waals surface area contributed by atoms with Gasteiger partial charge in [-0.25, -0.2) is 9.89 Å². The van der Waals surface area contributed by atoms with Crippen molar-refractivity contribution in [3.63, 3.8) is 0 Å². The number of pyridine rings is 1. The van der Waals surface area contributed by atoms with Crippen molar-refractivity contribution in [3.8, 4) is 11.3 Å². The normalized spacial score (nSPS) is 27.5. The summed E-state index contributed by atoms with van der Waals surface area (Å²) >= 11 is 0. The van der Waals surface area contributed by atoms with Crippen molar-refractivity contribution in [2.75, 3.05) is 7.11 Å². The lowest BCUT2D eigenvalue weighted by Gasteiger charge is -2.47. The molecule has 0 saturated heterocycles. The van der Waals surface area contributed by atoms with Gasteiger partial charge in [-0.2, -0.15) is 5.10 Å². The van der Waals surface area contributed by atoms with E-state index < -0.39 is 5.97 Å². The minimum Gasteiger partial charge on any atom is -0.465 e. The third kappa shape index (κ3) is 2.57. The molecule has 142 valence electrons. The molecule has 3 atom stereocenters. The number of hydrogen-bond donors (Lipinski definition) is 1. The molecule has 1 fully saturated rings. The number of esters is 1. The minimum atomic E-state index is -0.445. The van der Waals surface area contributed by atoms with Gasteiger partial charge < -0.3 is 9.30 Å². The summed E-state index contributed by atoms with van der Waals surface area (Å²) in [6, 6.07) is 0.317. The van der Waals surface area contributed by atoms with E-state index in [9.17, 15) is 9.59 Å². The second-order valence-electron chi connectivity index (χ2n) is 8.25. The largest absolute Gasteiger partial charge is 0.465 e. The number of carbonyl (C=O) groups is 1. The number of fused-ring (bicyclic) bond motifs is 4. The number of nitrogens with one attached hydrogen (secondary N) is 1. The second-order valence-corrected chi connectivity index (χ2v) is 8.25. The Labute approximate surface area is 157 Å². The van der Waals surface area contributed by atoms with E-state index in [-0.39, 0.29) is 5.56 Å². The number of nitrogens with zero attached hydrogens (tertiary/aromatic N) is 2. The molecule has 0 amide bonds. The van der Waals surface area contributed by atoms with E-state index in [1.807, 2.05) is 12.4 Å². The van der Waals surface area contributed by atoms with Crippen molar-refractivity contribution in [1.29, 1.82) is 0 Å². The molecule has 0 radical (unpaired) electrons. The van der Waals surface area contributed by atoms with Gasteiger partial charge in [0.15, 0.2) is 0 Å². The molecule has 0 unspecified atom stereocenters. The Hall–Kier alpha value is -2.37. The van der Waals surface area contributed by atoms with Crippen molar-refractivity contribution in [2.45, 2.75) is 57.4 Å². The molecule has 0 aromatic rings. The first-order valence-electron chi connectivity index (χ1n) is 10.1. The average molecular weight is 367 g/mol. The summed E-state index contributed by atoms with van der Waals surface area (Å²) < 4.78 is 7.10. The van der Waals surface area contributed by atoms with Crippen LogP contribution in [0.25, 0.3) is 11.3 Å². The summed E-state index contributed by atoms with van der Waals surface area (Å²) in [5.41, 5.74) is 4.37. The third-order valence-corrected chi connectivity index (χ3v) is 6.90. The first kappa shape index (κ1) is 16.8. The molecule has 2 heterocycles. The number of H-pyrrole nitrogens is 1. The van der Waals surface area contributed by atoms with Gasteiger partial charge >= 0.3 is 5.97 Å². The van der Waals surface area contributed by atoms with Crippen LogP contribution < -0.4 is 5.56 Å². The molecule has 5 aliphatic rings. The molecular weight excluding hydrogens is 342 g/mol. The van der Waals surface area contributed by atoms with E-state index >= 15 is 0 Å². The van der Waals surface area contributed by atoms with Gasteiger partial charge in [0.1, 0.15) is 11.3 Å². The van der Waals surface area contributed by atoms with Gasteiger partial charge in [0, 0.05) is 24.4 Å². The van der Waals surface area contributed by atoms with Gasteiger partial charge in [0.2, 0.25) is 0 Å². The first-order chi connectivity index (χ1) is 13.2. The number of rotatable bonds is 2. The topological polar surface area (TPSA) is 77.0 Å². The number of allylic oxidation sites excluding steroid dienone is 2. The SMILES string of the molecule is COC(=O)c1cn([C@H]2[C@H]3CCC[C@H]2C2=C(CCCC2)C3)cc2c(=O)[nH]nc1-2. The number of hydrogen-bond acceptors (Lipinski definition) is 4. The first-order valence-corrected chi connectivity index (χ1v) is 10.1. The Morgan fingerprint density at radius 3 is 2.93 bits per heavy atom. The fourth-order valence-electron chi connectivity index (χ4n) is 5.80. The van der Waals surface area contributed by atoms with E-state index in [4.69, 9.17) is 4.74 Å². The molecule has 2 aliphatic heterocycles. The Morgan fingerprint density at radius 2 is 2.07 bits per heavy atom. The predicted octanol–water partition coefficient (Wildman–Crippen LogP) is 3.69. The van der Waals surface area contributed by atoms with Crippen molar-refractivity contribution in [1.82, 2.24) is 14.8 Å². The Balaban J connectivity index is 1.66. The molecular formula is C21H25N3O3. The smallest absolute Gasteiger partial charge is 0.341 e. The average Bonchev–Trinajstić information content (AvgIpc) is 3.07. The van der Waals surface area contributed by atoms with Crippen LogP contribution in [0.4, 0.5) is 0 Å². The highest BCUT2D eigenvalue weighted by Crippen LogP contribution is 2.53. The molecule has 27 heavy (non-hydrogen) atoms. The number of aromatic nitrogens is 3. The van der Waals surface area contributed by atoms with Gasteiger partial charge in [0.25, 0.3) is 5.56 Å². The van der Waals surface area contributed by atoms with Crippen molar-refractivity contribution in [3.05, 3.63) is 39.5 Å². The maximum absolute atomic E-state index is 12.3. The zero-order chi connectivity index (χ0) is 18.5. The fraction of sp³-hybridized carbons (Fsp3) is 0.571. The van der Waals surface area contributed by atoms with Crippen LogP contribution in [-0.4, -0.2) is 27.8 Å².